The average Bonchev–Trinajstić information content (AvgIpc) is 2.42. The zero-order chi connectivity index (χ0) is 14.0. The molecule has 0 atom stereocenters. The molecule has 1 saturated heterocycles. The molecule has 0 amide bonds. The minimum absolute atomic E-state index is 0.0117. The highest BCUT2D eigenvalue weighted by atomic mass is 79.9. The van der Waals surface area contributed by atoms with Crippen LogP contribution in [0.3, 0.4) is 0 Å². The van der Waals surface area contributed by atoms with E-state index in [2.05, 4.69) is 15.9 Å². The summed E-state index contributed by atoms with van der Waals surface area (Å²) in [4.78, 5) is 5.22. The largest absolute Gasteiger partial charge is 0.495 e. The number of hydrogen-bond donors (Lipinski definition) is 1. The van der Waals surface area contributed by atoms with Crippen molar-refractivity contribution in [2.24, 2.45) is 0 Å². The van der Waals surface area contributed by atoms with Gasteiger partial charge in [-0.3, -0.25) is 4.84 Å². The molecule has 0 unspecified atom stereocenters. The van der Waals surface area contributed by atoms with Gasteiger partial charge in [0.25, 0.3) is 10.0 Å². The summed E-state index contributed by atoms with van der Waals surface area (Å²) < 4.78 is 31.7. The maximum atomic E-state index is 12.5. The van der Waals surface area contributed by atoms with Crippen molar-refractivity contribution in [3.8, 4) is 5.75 Å². The van der Waals surface area contributed by atoms with Crippen LogP contribution in [0.4, 0.5) is 5.69 Å². The molecule has 0 aliphatic carbocycles. The van der Waals surface area contributed by atoms with Crippen LogP contribution in [0.5, 0.6) is 5.75 Å². The number of hydrogen-bond acceptors (Lipinski definition) is 5. The highest BCUT2D eigenvalue weighted by molar-refractivity contribution is 9.10. The highest BCUT2D eigenvalue weighted by Gasteiger charge is 2.30. The van der Waals surface area contributed by atoms with E-state index in [-0.39, 0.29) is 10.6 Å². The van der Waals surface area contributed by atoms with Gasteiger partial charge in [0, 0.05) is 16.7 Å². The number of halogens is 1. The van der Waals surface area contributed by atoms with Crippen LogP contribution < -0.4 is 10.5 Å². The van der Waals surface area contributed by atoms with Gasteiger partial charge in [0.05, 0.1) is 13.7 Å². The summed E-state index contributed by atoms with van der Waals surface area (Å²) in [6, 6.07) is 2.91. The number of ether oxygens (including phenoxy) is 1. The third kappa shape index (κ3) is 2.86. The summed E-state index contributed by atoms with van der Waals surface area (Å²) in [6.07, 6.45) is 1.62. The van der Waals surface area contributed by atoms with E-state index in [4.69, 9.17) is 15.3 Å². The monoisotopic (exact) mass is 350 g/mol. The third-order valence-electron chi connectivity index (χ3n) is 2.80. The summed E-state index contributed by atoms with van der Waals surface area (Å²) in [7, 11) is -2.35. The van der Waals surface area contributed by atoms with Gasteiger partial charge in [0.15, 0.2) is 0 Å². The fourth-order valence-corrected chi connectivity index (χ4v) is 3.58. The molecule has 19 heavy (non-hydrogen) atoms. The fraction of sp³-hybridized carbons (Fsp3) is 0.455. The summed E-state index contributed by atoms with van der Waals surface area (Å²) >= 11 is 3.24. The van der Waals surface area contributed by atoms with Gasteiger partial charge in [-0.05, 0) is 40.9 Å². The zero-order valence-electron chi connectivity index (χ0n) is 10.4. The lowest BCUT2D eigenvalue weighted by molar-refractivity contribution is -0.108. The Morgan fingerprint density at radius 1 is 1.42 bits per heavy atom. The van der Waals surface area contributed by atoms with Crippen molar-refractivity contribution in [1.82, 2.24) is 4.47 Å². The van der Waals surface area contributed by atoms with Crippen molar-refractivity contribution >= 4 is 31.6 Å². The Hall–Kier alpha value is -0.830. The molecule has 1 aromatic carbocycles. The first kappa shape index (κ1) is 14.6. The molecule has 1 aliphatic heterocycles. The third-order valence-corrected chi connectivity index (χ3v) is 5.19. The Morgan fingerprint density at radius 3 is 2.74 bits per heavy atom. The predicted octanol–water partition coefficient (Wildman–Crippen LogP) is 1.76. The molecule has 6 nitrogen and oxygen atoms in total. The molecule has 1 aromatic rings. The Bertz CT molecular complexity index is 570. The number of methoxy groups -OCH3 is 1. The second-order valence-electron chi connectivity index (χ2n) is 4.10. The Balaban J connectivity index is 2.47. The van der Waals surface area contributed by atoms with E-state index in [1.165, 1.54) is 19.2 Å². The maximum Gasteiger partial charge on any atom is 0.268 e. The van der Waals surface area contributed by atoms with E-state index in [1.807, 2.05) is 0 Å². The van der Waals surface area contributed by atoms with Crippen molar-refractivity contribution in [3.63, 3.8) is 0 Å². The molecular formula is C11H15BrN2O4S. The molecule has 1 aliphatic rings. The summed E-state index contributed by atoms with van der Waals surface area (Å²) in [5.41, 5.74) is 6.07. The molecule has 0 spiro atoms. The van der Waals surface area contributed by atoms with E-state index in [9.17, 15) is 8.42 Å². The Kier molecular flexibility index (Phi) is 4.34. The van der Waals surface area contributed by atoms with Crippen LogP contribution in [0.1, 0.15) is 12.8 Å². The number of anilines is 1. The number of nitrogen functional groups attached to an aromatic ring is 1. The number of nitrogens with zero attached hydrogens (tertiary/aromatic N) is 1. The van der Waals surface area contributed by atoms with Crippen LogP contribution in [0.2, 0.25) is 0 Å². The summed E-state index contributed by atoms with van der Waals surface area (Å²) in [6.45, 7) is 0.731. The quantitative estimate of drug-likeness (QED) is 0.839. The van der Waals surface area contributed by atoms with Gasteiger partial charge in [-0.2, -0.15) is 0 Å². The van der Waals surface area contributed by atoms with Crippen molar-refractivity contribution in [2.75, 3.05) is 26.0 Å². The van der Waals surface area contributed by atoms with Crippen molar-refractivity contribution in [3.05, 3.63) is 16.6 Å². The lowest BCUT2D eigenvalue weighted by Gasteiger charge is -2.26. The summed E-state index contributed by atoms with van der Waals surface area (Å²) in [5, 5.41) is 0. The highest BCUT2D eigenvalue weighted by Crippen LogP contribution is 2.34. The van der Waals surface area contributed by atoms with Gasteiger partial charge in [-0.1, -0.05) is 4.47 Å². The first-order valence-electron chi connectivity index (χ1n) is 5.75. The summed E-state index contributed by atoms with van der Waals surface area (Å²) in [5.74, 6) is 0.232. The standard InChI is InChI=1S/C11H15BrN2O4S/c1-17-10-6-8(12)9(13)7-11(10)19(15,16)14-4-2-3-5-18-14/h6-7H,2-5,13H2,1H3. The first-order chi connectivity index (χ1) is 8.96. The van der Waals surface area contributed by atoms with Crippen molar-refractivity contribution in [1.29, 1.82) is 0 Å². The SMILES string of the molecule is COc1cc(Br)c(N)cc1S(=O)(=O)N1CCCCO1. The molecule has 106 valence electrons. The molecule has 0 bridgehead atoms. The average molecular weight is 351 g/mol. The van der Waals surface area contributed by atoms with Gasteiger partial charge in [-0.25, -0.2) is 8.42 Å². The zero-order valence-corrected chi connectivity index (χ0v) is 12.8. The van der Waals surface area contributed by atoms with Crippen LogP contribution in [-0.2, 0) is 14.9 Å². The second kappa shape index (κ2) is 5.66. The van der Waals surface area contributed by atoms with Crippen LogP contribution in [0.25, 0.3) is 0 Å². The minimum atomic E-state index is -3.76. The van der Waals surface area contributed by atoms with E-state index in [0.29, 0.717) is 23.3 Å². The molecule has 0 aromatic heterocycles. The fourth-order valence-electron chi connectivity index (χ4n) is 1.79. The normalized spacial score (nSPS) is 17.4. The lowest BCUT2D eigenvalue weighted by atomic mass is 10.3. The topological polar surface area (TPSA) is 81.9 Å². The van der Waals surface area contributed by atoms with E-state index in [1.54, 1.807) is 0 Å². The Labute approximate surface area is 120 Å². The first-order valence-corrected chi connectivity index (χ1v) is 7.99. The van der Waals surface area contributed by atoms with Gasteiger partial charge in [-0.15, -0.1) is 0 Å². The number of sulfonamides is 1. The van der Waals surface area contributed by atoms with E-state index < -0.39 is 10.0 Å². The van der Waals surface area contributed by atoms with Gasteiger partial charge in [0.2, 0.25) is 0 Å². The van der Waals surface area contributed by atoms with E-state index in [0.717, 1.165) is 17.3 Å². The predicted molar refractivity (Wildman–Crippen MR) is 74.2 cm³/mol. The smallest absolute Gasteiger partial charge is 0.268 e. The molecule has 1 fully saturated rings. The van der Waals surface area contributed by atoms with Crippen molar-refractivity contribution in [2.45, 2.75) is 17.7 Å². The second-order valence-corrected chi connectivity index (χ2v) is 6.75. The van der Waals surface area contributed by atoms with Crippen molar-refractivity contribution < 1.29 is 18.0 Å². The molecular weight excluding hydrogens is 336 g/mol. The van der Waals surface area contributed by atoms with Gasteiger partial charge < -0.3 is 10.5 Å². The van der Waals surface area contributed by atoms with Crippen LogP contribution in [-0.4, -0.2) is 33.1 Å². The van der Waals surface area contributed by atoms with Crippen LogP contribution in [0, 0.1) is 0 Å². The lowest BCUT2D eigenvalue weighted by Crippen LogP contribution is -2.36. The number of nitrogens with two attached hydrogens (primary N) is 1. The molecule has 1 heterocycles. The minimum Gasteiger partial charge on any atom is -0.495 e. The number of hydroxylamine groups is 1. The molecule has 2 rings (SSSR count). The van der Waals surface area contributed by atoms with Gasteiger partial charge >= 0.3 is 0 Å². The van der Waals surface area contributed by atoms with E-state index >= 15 is 0 Å². The van der Waals surface area contributed by atoms with Crippen LogP contribution >= 0.6 is 15.9 Å². The number of benzene rings is 1. The van der Waals surface area contributed by atoms with Crippen LogP contribution in [0.15, 0.2) is 21.5 Å². The Morgan fingerprint density at radius 2 is 2.16 bits per heavy atom. The molecule has 8 heteroatoms. The molecule has 0 saturated carbocycles. The number of rotatable bonds is 3. The molecule has 2 N–H and O–H groups in total. The maximum absolute atomic E-state index is 12.5. The molecule has 0 radical (unpaired) electrons. The van der Waals surface area contributed by atoms with Gasteiger partial charge in [0.1, 0.15) is 10.6 Å².